The summed E-state index contributed by atoms with van der Waals surface area (Å²) in [5.74, 6) is 1.74. The van der Waals surface area contributed by atoms with Crippen LogP contribution >= 0.6 is 11.6 Å². The summed E-state index contributed by atoms with van der Waals surface area (Å²) >= 11 is 5.95. The number of benzene rings is 1. The van der Waals surface area contributed by atoms with Gasteiger partial charge in [-0.2, -0.15) is 0 Å². The number of amides is 1. The quantitative estimate of drug-likeness (QED) is 0.691. The summed E-state index contributed by atoms with van der Waals surface area (Å²) < 4.78 is 29.3. The van der Waals surface area contributed by atoms with Gasteiger partial charge >= 0.3 is 0 Å². The lowest BCUT2D eigenvalue weighted by Crippen LogP contribution is -2.60. The van der Waals surface area contributed by atoms with E-state index in [0.29, 0.717) is 22.8 Å². The fraction of sp³-hybridized carbons (Fsp3) is 0.640. The van der Waals surface area contributed by atoms with Gasteiger partial charge in [-0.1, -0.05) is 31.5 Å². The third kappa shape index (κ3) is 3.28. The normalized spacial score (nSPS) is 41.2. The molecule has 1 N–H and O–H groups in total. The van der Waals surface area contributed by atoms with Crippen LogP contribution in [0.3, 0.4) is 0 Å². The lowest BCUT2D eigenvalue weighted by molar-refractivity contribution is -0.138. The van der Waals surface area contributed by atoms with Crippen molar-refractivity contribution in [3.8, 4) is 0 Å². The minimum Gasteiger partial charge on any atom is -0.338 e. The highest BCUT2D eigenvalue weighted by Crippen LogP contribution is 2.64. The van der Waals surface area contributed by atoms with Crippen molar-refractivity contribution in [2.45, 2.75) is 69.4 Å². The zero-order valence-corrected chi connectivity index (χ0v) is 20.6. The Balaban J connectivity index is 1.39. The number of fused-ring (bicyclic) bond motifs is 5. The number of sulfonamides is 1. The topological polar surface area (TPSA) is 66.5 Å². The van der Waals surface area contributed by atoms with Gasteiger partial charge < -0.3 is 4.90 Å². The molecule has 7 atom stereocenters. The minimum atomic E-state index is -3.59. The second kappa shape index (κ2) is 7.57. The van der Waals surface area contributed by atoms with Crippen LogP contribution in [0.25, 0.3) is 0 Å². The van der Waals surface area contributed by atoms with Crippen molar-refractivity contribution >= 4 is 27.5 Å². The lowest BCUT2D eigenvalue weighted by atomic mass is 9.48. The smallest absolute Gasteiger partial charge is 0.246 e. The monoisotopic (exact) mass is 476 g/mol. The molecule has 0 radical (unpaired) electrons. The van der Waals surface area contributed by atoms with Gasteiger partial charge in [0.1, 0.15) is 0 Å². The van der Waals surface area contributed by atoms with Gasteiger partial charge in [-0.3, -0.25) is 4.79 Å². The summed E-state index contributed by atoms with van der Waals surface area (Å²) in [6.07, 6.45) is 10.1. The second-order valence-corrected chi connectivity index (χ2v) is 13.0. The predicted octanol–water partition coefficient (Wildman–Crippen LogP) is 4.63. The molecule has 1 aromatic rings. The number of likely N-dealkylation sites (N-methyl/N-ethyl adjacent to an activating group) is 1. The second-order valence-electron chi connectivity index (χ2n) is 10.9. The zero-order chi connectivity index (χ0) is 22.9. The molecule has 0 bridgehead atoms. The largest absolute Gasteiger partial charge is 0.338 e. The van der Waals surface area contributed by atoms with Gasteiger partial charge in [-0.25, -0.2) is 13.1 Å². The summed E-state index contributed by atoms with van der Waals surface area (Å²) in [5.41, 5.74) is -0.0300. The molecule has 5 nitrogen and oxygen atoms in total. The first-order chi connectivity index (χ1) is 15.1. The van der Waals surface area contributed by atoms with Crippen molar-refractivity contribution in [2.24, 2.45) is 28.6 Å². The van der Waals surface area contributed by atoms with Crippen molar-refractivity contribution < 1.29 is 13.2 Å². The van der Waals surface area contributed by atoms with E-state index in [0.717, 1.165) is 38.5 Å². The highest BCUT2D eigenvalue weighted by Gasteiger charge is 2.60. The Kier molecular flexibility index (Phi) is 5.31. The van der Waals surface area contributed by atoms with Crippen LogP contribution in [0.4, 0.5) is 0 Å². The van der Waals surface area contributed by atoms with Gasteiger partial charge in [0.05, 0.1) is 4.90 Å². The molecule has 3 fully saturated rings. The number of rotatable bonds is 3. The average molecular weight is 477 g/mol. The van der Waals surface area contributed by atoms with Crippen LogP contribution in [-0.4, -0.2) is 38.4 Å². The van der Waals surface area contributed by atoms with E-state index < -0.39 is 10.0 Å². The van der Waals surface area contributed by atoms with E-state index in [1.165, 1.54) is 0 Å². The molecule has 0 saturated heterocycles. The van der Waals surface area contributed by atoms with Crippen LogP contribution < -0.4 is 4.72 Å². The molecule has 3 saturated carbocycles. The van der Waals surface area contributed by atoms with Gasteiger partial charge in [0.25, 0.3) is 0 Å². The molecular weight excluding hydrogens is 444 g/mol. The molecule has 1 amide bonds. The maximum Gasteiger partial charge on any atom is 0.246 e. The number of halogens is 1. The van der Waals surface area contributed by atoms with Crippen molar-refractivity contribution in [1.29, 1.82) is 0 Å². The van der Waals surface area contributed by atoms with Crippen molar-refractivity contribution in [3.05, 3.63) is 41.4 Å². The van der Waals surface area contributed by atoms with E-state index in [4.69, 9.17) is 11.6 Å². The summed E-state index contributed by atoms with van der Waals surface area (Å²) in [6, 6.07) is 6.62. The van der Waals surface area contributed by atoms with Crippen LogP contribution in [0.2, 0.25) is 5.02 Å². The zero-order valence-electron chi connectivity index (χ0n) is 19.1. The van der Waals surface area contributed by atoms with Gasteiger partial charge in [-0.05, 0) is 92.0 Å². The third-order valence-corrected chi connectivity index (χ3v) is 11.3. The molecule has 1 heterocycles. The lowest BCUT2D eigenvalue weighted by Gasteiger charge is -2.60. The molecule has 3 aliphatic carbocycles. The summed E-state index contributed by atoms with van der Waals surface area (Å²) in [7, 11) is -1.64. The van der Waals surface area contributed by atoms with E-state index in [9.17, 15) is 13.2 Å². The number of carbonyl (C=O) groups excluding carboxylic acids is 1. The first-order valence-corrected chi connectivity index (χ1v) is 13.7. The van der Waals surface area contributed by atoms with Crippen LogP contribution in [-0.2, 0) is 14.8 Å². The first kappa shape index (κ1) is 22.4. The van der Waals surface area contributed by atoms with Crippen molar-refractivity contribution in [3.63, 3.8) is 0 Å². The standard InChI is InChI=1S/C25H33ClN2O3S/c1-24-14-12-20-18(8-11-22-25(20,2)15-13-23(29)28(22)3)19(24)9-10-21(24)27-32(30,31)17-6-4-16(26)5-7-17/h4-7,13,15,18-22,27H,8-12,14H2,1-3H3/t18-,19-,20+,21?,22?,24-,25+/m0/s1. The van der Waals surface area contributed by atoms with E-state index in [-0.39, 0.29) is 33.7 Å². The minimum absolute atomic E-state index is 0.00774. The predicted molar refractivity (Wildman–Crippen MR) is 126 cm³/mol. The molecule has 32 heavy (non-hydrogen) atoms. The summed E-state index contributed by atoms with van der Waals surface area (Å²) in [5, 5.41) is 0.531. The van der Waals surface area contributed by atoms with E-state index in [1.807, 2.05) is 11.9 Å². The number of carbonyl (C=O) groups is 1. The maximum atomic E-state index is 13.1. The SMILES string of the molecule is CN1C(=O)C=C[C@@]2(C)C1CC[C@@H]1[C@H]2CC[C@]2(C)C(NS(=O)(=O)c3ccc(Cl)cc3)CC[C@@H]12. The number of nitrogens with one attached hydrogen (secondary N) is 1. The van der Waals surface area contributed by atoms with Gasteiger partial charge in [0, 0.05) is 29.6 Å². The molecule has 1 aliphatic heterocycles. The van der Waals surface area contributed by atoms with Gasteiger partial charge in [0.15, 0.2) is 0 Å². The Morgan fingerprint density at radius 3 is 2.47 bits per heavy atom. The van der Waals surface area contributed by atoms with E-state index in [2.05, 4.69) is 24.6 Å². The Morgan fingerprint density at radius 2 is 1.75 bits per heavy atom. The molecule has 4 aliphatic rings. The van der Waals surface area contributed by atoms with Crippen LogP contribution in [0.15, 0.2) is 41.3 Å². The Bertz CT molecular complexity index is 1060. The molecule has 174 valence electrons. The fourth-order valence-electron chi connectivity index (χ4n) is 7.80. The fourth-order valence-corrected chi connectivity index (χ4v) is 9.32. The molecule has 5 rings (SSSR count). The van der Waals surface area contributed by atoms with Crippen LogP contribution in [0.5, 0.6) is 0 Å². The first-order valence-electron chi connectivity index (χ1n) is 11.8. The molecular formula is C25H33ClN2O3S. The average Bonchev–Trinajstić information content (AvgIpc) is 3.07. The van der Waals surface area contributed by atoms with E-state index in [1.54, 1.807) is 30.3 Å². The molecule has 0 spiro atoms. The number of hydrogen-bond acceptors (Lipinski definition) is 3. The van der Waals surface area contributed by atoms with E-state index >= 15 is 0 Å². The van der Waals surface area contributed by atoms with Gasteiger partial charge in [0.2, 0.25) is 15.9 Å². The van der Waals surface area contributed by atoms with Crippen LogP contribution in [0, 0.1) is 28.6 Å². The molecule has 7 heteroatoms. The molecule has 1 aromatic carbocycles. The Labute approximate surface area is 196 Å². The molecule has 0 aromatic heterocycles. The summed E-state index contributed by atoms with van der Waals surface area (Å²) in [4.78, 5) is 14.5. The van der Waals surface area contributed by atoms with Crippen molar-refractivity contribution in [1.82, 2.24) is 9.62 Å². The Hall–Kier alpha value is -1.37. The summed E-state index contributed by atoms with van der Waals surface area (Å²) in [6.45, 7) is 4.64. The Morgan fingerprint density at radius 1 is 1.03 bits per heavy atom. The van der Waals surface area contributed by atoms with Gasteiger partial charge in [-0.15, -0.1) is 0 Å². The maximum absolute atomic E-state index is 13.1. The van der Waals surface area contributed by atoms with Crippen LogP contribution in [0.1, 0.15) is 52.4 Å². The molecule has 2 unspecified atom stereocenters. The van der Waals surface area contributed by atoms with Crippen molar-refractivity contribution in [2.75, 3.05) is 7.05 Å². The highest BCUT2D eigenvalue weighted by atomic mass is 35.5. The third-order valence-electron chi connectivity index (χ3n) is 9.55. The highest BCUT2D eigenvalue weighted by molar-refractivity contribution is 7.89. The number of hydrogen-bond donors (Lipinski definition) is 1. The number of nitrogens with zero attached hydrogens (tertiary/aromatic N) is 1.